The van der Waals surface area contributed by atoms with E-state index >= 15 is 0 Å². The van der Waals surface area contributed by atoms with Crippen molar-refractivity contribution in [1.29, 1.82) is 0 Å². The van der Waals surface area contributed by atoms with E-state index < -0.39 is 12.0 Å². The molecule has 0 fully saturated rings. The summed E-state index contributed by atoms with van der Waals surface area (Å²) in [5, 5.41) is 8.59. The fourth-order valence-electron chi connectivity index (χ4n) is 0.651. The molecule has 1 aromatic heterocycles. The minimum Gasteiger partial charge on any atom is -0.480 e. The molecule has 0 radical (unpaired) electrons. The topological polar surface area (TPSA) is 55.1 Å². The molecule has 0 amide bonds. The molecule has 0 saturated carbocycles. The molecule has 0 spiro atoms. The van der Waals surface area contributed by atoms with Gasteiger partial charge in [-0.2, -0.15) is 0 Å². The van der Waals surface area contributed by atoms with Crippen molar-refractivity contribution >= 4 is 28.6 Å². The largest absolute Gasteiger partial charge is 0.480 e. The van der Waals surface area contributed by atoms with Crippen LogP contribution in [0, 0.1) is 3.70 Å². The normalized spacial score (nSPS) is 12.9. The number of carboxylic acid groups (broad SMARTS) is 1. The number of imidazole rings is 1. The van der Waals surface area contributed by atoms with Gasteiger partial charge in [0.15, 0.2) is 0 Å². The molecule has 1 heterocycles. The molecule has 4 nitrogen and oxygen atoms in total. The van der Waals surface area contributed by atoms with Gasteiger partial charge in [0.25, 0.3) is 0 Å². The van der Waals surface area contributed by atoms with E-state index in [1.54, 1.807) is 17.7 Å². The van der Waals surface area contributed by atoms with Crippen molar-refractivity contribution in [3.05, 3.63) is 16.2 Å². The van der Waals surface area contributed by atoms with Crippen molar-refractivity contribution in [2.24, 2.45) is 0 Å². The molecule has 0 saturated heterocycles. The highest BCUT2D eigenvalue weighted by Crippen LogP contribution is 2.07. The molecule has 1 rings (SSSR count). The van der Waals surface area contributed by atoms with E-state index in [1.807, 2.05) is 22.6 Å². The summed E-state index contributed by atoms with van der Waals surface area (Å²) < 4.78 is 2.36. The number of aromatic nitrogens is 2. The Morgan fingerprint density at radius 1 is 1.91 bits per heavy atom. The Kier molecular flexibility index (Phi) is 2.48. The van der Waals surface area contributed by atoms with E-state index in [1.165, 1.54) is 6.33 Å². The van der Waals surface area contributed by atoms with Crippen molar-refractivity contribution in [2.45, 2.75) is 13.0 Å². The van der Waals surface area contributed by atoms with Crippen LogP contribution in [0.25, 0.3) is 0 Å². The summed E-state index contributed by atoms with van der Waals surface area (Å²) in [5.74, 6) is -0.848. The van der Waals surface area contributed by atoms with Crippen molar-refractivity contribution in [1.82, 2.24) is 9.55 Å². The Labute approximate surface area is 77.4 Å². The molecule has 1 unspecified atom stereocenters. The molecule has 60 valence electrons. The maximum atomic E-state index is 10.5. The molecule has 0 aromatic carbocycles. The fourth-order valence-corrected chi connectivity index (χ4v) is 1.10. The van der Waals surface area contributed by atoms with Crippen LogP contribution in [-0.2, 0) is 4.79 Å². The molecule has 1 N–H and O–H groups in total. The van der Waals surface area contributed by atoms with Gasteiger partial charge in [-0.1, -0.05) is 0 Å². The quantitative estimate of drug-likeness (QED) is 0.816. The average molecular weight is 266 g/mol. The van der Waals surface area contributed by atoms with Gasteiger partial charge in [-0.15, -0.1) is 0 Å². The molecule has 5 heteroatoms. The second kappa shape index (κ2) is 3.21. The van der Waals surface area contributed by atoms with Gasteiger partial charge in [0.2, 0.25) is 0 Å². The van der Waals surface area contributed by atoms with Crippen LogP contribution in [0.5, 0.6) is 0 Å². The molecule has 0 aliphatic heterocycles. The molecular formula is C6H7IN2O2. The predicted octanol–water partition coefficient (Wildman–Crippen LogP) is 1.13. The first-order valence-corrected chi connectivity index (χ1v) is 4.11. The van der Waals surface area contributed by atoms with Crippen molar-refractivity contribution in [3.8, 4) is 0 Å². The Bertz CT molecular complexity index is 271. The van der Waals surface area contributed by atoms with Crippen LogP contribution >= 0.6 is 22.6 Å². The number of hydrogen-bond acceptors (Lipinski definition) is 2. The monoisotopic (exact) mass is 266 g/mol. The molecule has 0 aliphatic carbocycles. The standard InChI is InChI=1S/C6H7IN2O2/c1-4(6(10)11)9-2-5(7)8-3-9/h2-4H,1H3,(H,10,11). The molecule has 1 atom stereocenters. The number of hydrogen-bond donors (Lipinski definition) is 1. The number of rotatable bonds is 2. The van der Waals surface area contributed by atoms with Gasteiger partial charge >= 0.3 is 5.97 Å². The Morgan fingerprint density at radius 3 is 2.91 bits per heavy atom. The van der Waals surface area contributed by atoms with Gasteiger partial charge in [0.05, 0.1) is 6.33 Å². The minimum absolute atomic E-state index is 0.536. The van der Waals surface area contributed by atoms with Crippen molar-refractivity contribution < 1.29 is 9.90 Å². The Balaban J connectivity index is 2.84. The first-order chi connectivity index (χ1) is 5.11. The van der Waals surface area contributed by atoms with Gasteiger partial charge in [0.1, 0.15) is 9.74 Å². The zero-order valence-electron chi connectivity index (χ0n) is 5.86. The minimum atomic E-state index is -0.848. The SMILES string of the molecule is CC(C(=O)O)n1cnc(I)c1. The number of nitrogens with zero attached hydrogens (tertiary/aromatic N) is 2. The maximum absolute atomic E-state index is 10.5. The van der Waals surface area contributed by atoms with Crippen LogP contribution < -0.4 is 0 Å². The van der Waals surface area contributed by atoms with Gasteiger partial charge in [0, 0.05) is 6.20 Å². The first kappa shape index (κ1) is 8.51. The van der Waals surface area contributed by atoms with E-state index in [2.05, 4.69) is 4.98 Å². The smallest absolute Gasteiger partial charge is 0.326 e. The molecule has 0 aliphatic rings. The average Bonchev–Trinajstić information content (AvgIpc) is 2.34. The Morgan fingerprint density at radius 2 is 2.55 bits per heavy atom. The van der Waals surface area contributed by atoms with Crippen LogP contribution in [-0.4, -0.2) is 20.6 Å². The van der Waals surface area contributed by atoms with E-state index in [9.17, 15) is 4.79 Å². The lowest BCUT2D eigenvalue weighted by Gasteiger charge is -2.05. The van der Waals surface area contributed by atoms with E-state index in [4.69, 9.17) is 5.11 Å². The van der Waals surface area contributed by atoms with E-state index in [0.717, 1.165) is 3.70 Å². The van der Waals surface area contributed by atoms with Gasteiger partial charge in [-0.05, 0) is 29.5 Å². The third-order valence-electron chi connectivity index (χ3n) is 1.37. The summed E-state index contributed by atoms with van der Waals surface area (Å²) in [7, 11) is 0. The van der Waals surface area contributed by atoms with Crippen LogP contribution in [0.2, 0.25) is 0 Å². The third-order valence-corrected chi connectivity index (χ3v) is 1.93. The lowest BCUT2D eigenvalue weighted by Crippen LogP contribution is -2.13. The lowest BCUT2D eigenvalue weighted by molar-refractivity contribution is -0.140. The van der Waals surface area contributed by atoms with Crippen LogP contribution in [0.4, 0.5) is 0 Å². The van der Waals surface area contributed by atoms with Crippen molar-refractivity contribution in [3.63, 3.8) is 0 Å². The lowest BCUT2D eigenvalue weighted by atomic mass is 10.3. The zero-order valence-corrected chi connectivity index (χ0v) is 8.02. The summed E-state index contributed by atoms with van der Waals surface area (Å²) in [5.41, 5.74) is 0. The summed E-state index contributed by atoms with van der Waals surface area (Å²) in [6, 6.07) is -0.536. The summed E-state index contributed by atoms with van der Waals surface area (Å²) in [6.45, 7) is 1.61. The van der Waals surface area contributed by atoms with Crippen LogP contribution in [0.1, 0.15) is 13.0 Å². The highest BCUT2D eigenvalue weighted by molar-refractivity contribution is 14.1. The highest BCUT2D eigenvalue weighted by atomic mass is 127. The van der Waals surface area contributed by atoms with Crippen LogP contribution in [0.15, 0.2) is 12.5 Å². The molecular weight excluding hydrogens is 259 g/mol. The number of aliphatic carboxylic acids is 1. The van der Waals surface area contributed by atoms with E-state index in [-0.39, 0.29) is 0 Å². The van der Waals surface area contributed by atoms with Gasteiger partial charge in [-0.3, -0.25) is 0 Å². The predicted molar refractivity (Wildman–Crippen MR) is 47.3 cm³/mol. The zero-order chi connectivity index (χ0) is 8.43. The maximum Gasteiger partial charge on any atom is 0.326 e. The third kappa shape index (κ3) is 1.92. The first-order valence-electron chi connectivity index (χ1n) is 3.03. The number of carboxylic acids is 1. The summed E-state index contributed by atoms with van der Waals surface area (Å²) in [6.07, 6.45) is 3.21. The van der Waals surface area contributed by atoms with E-state index in [0.29, 0.717) is 0 Å². The summed E-state index contributed by atoms with van der Waals surface area (Å²) >= 11 is 2.03. The molecule has 0 bridgehead atoms. The number of carbonyl (C=O) groups is 1. The fraction of sp³-hybridized carbons (Fsp3) is 0.333. The van der Waals surface area contributed by atoms with Crippen LogP contribution in [0.3, 0.4) is 0 Å². The van der Waals surface area contributed by atoms with Gasteiger partial charge in [-0.25, -0.2) is 9.78 Å². The summed E-state index contributed by atoms with van der Waals surface area (Å²) in [4.78, 5) is 14.4. The molecule has 11 heavy (non-hydrogen) atoms. The second-order valence-electron chi connectivity index (χ2n) is 2.16. The molecule has 1 aromatic rings. The Hall–Kier alpha value is -0.590. The highest BCUT2D eigenvalue weighted by Gasteiger charge is 2.12. The van der Waals surface area contributed by atoms with Crippen molar-refractivity contribution in [2.75, 3.05) is 0 Å². The second-order valence-corrected chi connectivity index (χ2v) is 3.26. The van der Waals surface area contributed by atoms with Gasteiger partial charge < -0.3 is 9.67 Å². The number of halogens is 1.